The summed E-state index contributed by atoms with van der Waals surface area (Å²) in [5.41, 5.74) is 4.82. The van der Waals surface area contributed by atoms with Crippen molar-refractivity contribution in [2.45, 2.75) is 13.8 Å². The topological polar surface area (TPSA) is 50.3 Å². The average Bonchev–Trinajstić information content (AvgIpc) is 2.77. The van der Waals surface area contributed by atoms with Crippen molar-refractivity contribution in [3.8, 4) is 5.75 Å². The van der Waals surface area contributed by atoms with Gasteiger partial charge in [-0.2, -0.15) is 0 Å². The number of amides is 1. The number of anilines is 2. The largest absolute Gasteiger partial charge is 0.506 e. The molecule has 2 fully saturated rings. The quantitative estimate of drug-likeness (QED) is 0.842. The van der Waals surface area contributed by atoms with E-state index in [1.54, 1.807) is 6.07 Å². The molecule has 0 atom stereocenters. The van der Waals surface area contributed by atoms with Crippen LogP contribution in [0.25, 0.3) is 0 Å². The minimum atomic E-state index is 0.228. The second-order valence-corrected chi connectivity index (χ2v) is 8.34. The summed E-state index contributed by atoms with van der Waals surface area (Å²) in [6.45, 7) is 11.5. The lowest BCUT2D eigenvalue weighted by Crippen LogP contribution is -2.54. The minimum absolute atomic E-state index is 0.228. The number of hydrogen-bond acceptors (Lipinski definition) is 5. The second kappa shape index (κ2) is 8.96. The molecule has 1 amide bonds. The van der Waals surface area contributed by atoms with Crippen LogP contribution >= 0.6 is 0 Å². The number of carbonyl (C=O) groups is 1. The zero-order valence-electron chi connectivity index (χ0n) is 18.0. The summed E-state index contributed by atoms with van der Waals surface area (Å²) >= 11 is 0. The first-order valence-corrected chi connectivity index (χ1v) is 10.9. The zero-order valence-corrected chi connectivity index (χ0v) is 18.0. The van der Waals surface area contributed by atoms with Crippen LogP contribution in [0.4, 0.5) is 11.4 Å². The molecule has 6 heteroatoms. The summed E-state index contributed by atoms with van der Waals surface area (Å²) in [4.78, 5) is 21.7. The molecule has 0 saturated carbocycles. The maximum Gasteiger partial charge on any atom is 0.236 e. The molecule has 2 aromatic carbocycles. The van der Waals surface area contributed by atoms with Crippen LogP contribution in [0.2, 0.25) is 0 Å². The normalized spacial score (nSPS) is 18.0. The van der Waals surface area contributed by atoms with E-state index >= 15 is 0 Å². The summed E-state index contributed by atoms with van der Waals surface area (Å²) in [6.07, 6.45) is 0. The number of benzene rings is 2. The zero-order chi connectivity index (χ0) is 21.1. The molecular formula is C24H32N4O2. The van der Waals surface area contributed by atoms with Gasteiger partial charge < -0.3 is 19.8 Å². The van der Waals surface area contributed by atoms with Crippen LogP contribution < -0.4 is 9.80 Å². The number of aromatic hydroxyl groups is 1. The van der Waals surface area contributed by atoms with Crippen LogP contribution in [0, 0.1) is 13.8 Å². The number of para-hydroxylation sites is 2. The van der Waals surface area contributed by atoms with Crippen molar-refractivity contribution < 1.29 is 9.90 Å². The summed E-state index contributed by atoms with van der Waals surface area (Å²) in [5.74, 6) is 0.551. The highest BCUT2D eigenvalue weighted by Crippen LogP contribution is 2.27. The third-order valence-electron chi connectivity index (χ3n) is 6.50. The Bertz CT molecular complexity index is 885. The number of phenolic OH excluding ortho intramolecular Hbond substituents is 1. The molecule has 1 N–H and O–H groups in total. The first-order chi connectivity index (χ1) is 14.5. The van der Waals surface area contributed by atoms with Gasteiger partial charge in [-0.15, -0.1) is 0 Å². The van der Waals surface area contributed by atoms with Gasteiger partial charge in [0, 0.05) is 58.0 Å². The number of carbonyl (C=O) groups excluding carboxylic acids is 1. The van der Waals surface area contributed by atoms with Gasteiger partial charge in [-0.3, -0.25) is 9.69 Å². The molecule has 2 aromatic rings. The number of rotatable bonds is 4. The summed E-state index contributed by atoms with van der Waals surface area (Å²) in [5, 5.41) is 10.1. The molecule has 0 aliphatic carbocycles. The fourth-order valence-electron chi connectivity index (χ4n) is 4.44. The first kappa shape index (κ1) is 20.5. The van der Waals surface area contributed by atoms with Gasteiger partial charge in [0.15, 0.2) is 0 Å². The Morgan fingerprint density at radius 1 is 0.800 bits per heavy atom. The van der Waals surface area contributed by atoms with Crippen molar-refractivity contribution in [2.75, 3.05) is 68.7 Å². The highest BCUT2D eigenvalue weighted by Gasteiger charge is 2.26. The van der Waals surface area contributed by atoms with Gasteiger partial charge in [0.05, 0.1) is 12.2 Å². The molecule has 2 aliphatic rings. The number of hydrogen-bond donors (Lipinski definition) is 1. The molecule has 4 rings (SSSR count). The lowest BCUT2D eigenvalue weighted by molar-refractivity contribution is -0.132. The molecule has 160 valence electrons. The Labute approximate surface area is 179 Å². The van der Waals surface area contributed by atoms with Gasteiger partial charge in [0.1, 0.15) is 5.75 Å². The van der Waals surface area contributed by atoms with Crippen LogP contribution in [-0.2, 0) is 4.79 Å². The van der Waals surface area contributed by atoms with Gasteiger partial charge in [-0.1, -0.05) is 24.3 Å². The molecule has 0 spiro atoms. The van der Waals surface area contributed by atoms with E-state index in [4.69, 9.17) is 0 Å². The number of phenols is 1. The van der Waals surface area contributed by atoms with Crippen molar-refractivity contribution in [3.63, 3.8) is 0 Å². The predicted octanol–water partition coefficient (Wildman–Crippen LogP) is 2.48. The van der Waals surface area contributed by atoms with E-state index in [0.29, 0.717) is 12.3 Å². The maximum absolute atomic E-state index is 12.8. The molecule has 2 heterocycles. The lowest BCUT2D eigenvalue weighted by Gasteiger charge is -2.39. The van der Waals surface area contributed by atoms with Crippen LogP contribution in [0.5, 0.6) is 5.75 Å². The van der Waals surface area contributed by atoms with Gasteiger partial charge in [-0.05, 0) is 43.2 Å². The molecule has 0 bridgehead atoms. The Morgan fingerprint density at radius 2 is 1.40 bits per heavy atom. The van der Waals surface area contributed by atoms with E-state index in [2.05, 4.69) is 46.7 Å². The summed E-state index contributed by atoms with van der Waals surface area (Å²) in [6, 6.07) is 13.9. The molecule has 6 nitrogen and oxygen atoms in total. The van der Waals surface area contributed by atoms with Crippen molar-refractivity contribution in [2.24, 2.45) is 0 Å². The fourth-order valence-corrected chi connectivity index (χ4v) is 4.44. The fraction of sp³-hybridized carbons (Fsp3) is 0.458. The van der Waals surface area contributed by atoms with E-state index in [9.17, 15) is 9.90 Å². The van der Waals surface area contributed by atoms with Crippen molar-refractivity contribution in [3.05, 3.63) is 53.6 Å². The highest BCUT2D eigenvalue weighted by atomic mass is 16.3. The maximum atomic E-state index is 12.8. The van der Waals surface area contributed by atoms with Crippen molar-refractivity contribution in [1.29, 1.82) is 0 Å². The molecular weight excluding hydrogens is 376 g/mol. The van der Waals surface area contributed by atoms with Gasteiger partial charge in [0.2, 0.25) is 5.91 Å². The number of piperazine rings is 2. The smallest absolute Gasteiger partial charge is 0.236 e. The SMILES string of the molecule is Cc1cccc(N2CCN(C(=O)CN3CCN(c4ccccc4O)CC3)CC2)c1C. The van der Waals surface area contributed by atoms with Crippen LogP contribution in [-0.4, -0.2) is 79.7 Å². The van der Waals surface area contributed by atoms with Crippen molar-refractivity contribution >= 4 is 17.3 Å². The Morgan fingerprint density at radius 3 is 2.10 bits per heavy atom. The molecule has 2 saturated heterocycles. The predicted molar refractivity (Wildman–Crippen MR) is 121 cm³/mol. The number of aryl methyl sites for hydroxylation is 1. The standard InChI is InChI=1S/C24H32N4O2/c1-19-6-5-8-21(20(19)2)26-14-16-28(17-15-26)24(30)18-25-10-12-27(13-11-25)22-7-3-4-9-23(22)29/h3-9,29H,10-18H2,1-2H3. The Kier molecular flexibility index (Phi) is 6.13. The van der Waals surface area contributed by atoms with E-state index in [1.807, 2.05) is 23.1 Å². The number of nitrogens with zero attached hydrogens (tertiary/aromatic N) is 4. The minimum Gasteiger partial charge on any atom is -0.506 e. The van der Waals surface area contributed by atoms with Gasteiger partial charge in [-0.25, -0.2) is 0 Å². The molecule has 0 unspecified atom stereocenters. The second-order valence-electron chi connectivity index (χ2n) is 8.34. The molecule has 30 heavy (non-hydrogen) atoms. The van der Waals surface area contributed by atoms with Crippen LogP contribution in [0.1, 0.15) is 11.1 Å². The van der Waals surface area contributed by atoms with E-state index in [-0.39, 0.29) is 5.91 Å². The first-order valence-electron chi connectivity index (χ1n) is 10.9. The van der Waals surface area contributed by atoms with E-state index in [0.717, 1.165) is 58.0 Å². The monoisotopic (exact) mass is 408 g/mol. The molecule has 2 aliphatic heterocycles. The molecule has 0 radical (unpaired) electrons. The lowest BCUT2D eigenvalue weighted by atomic mass is 10.1. The Hall–Kier alpha value is -2.73. The average molecular weight is 409 g/mol. The summed E-state index contributed by atoms with van der Waals surface area (Å²) < 4.78 is 0. The Balaban J connectivity index is 1.26. The summed E-state index contributed by atoms with van der Waals surface area (Å²) in [7, 11) is 0. The third-order valence-corrected chi connectivity index (χ3v) is 6.50. The van der Waals surface area contributed by atoms with Crippen molar-refractivity contribution in [1.82, 2.24) is 9.80 Å². The van der Waals surface area contributed by atoms with Crippen LogP contribution in [0.3, 0.4) is 0 Å². The van der Waals surface area contributed by atoms with E-state index < -0.39 is 0 Å². The van der Waals surface area contributed by atoms with Gasteiger partial charge >= 0.3 is 0 Å². The van der Waals surface area contributed by atoms with Crippen LogP contribution in [0.15, 0.2) is 42.5 Å². The van der Waals surface area contributed by atoms with Gasteiger partial charge in [0.25, 0.3) is 0 Å². The molecule has 0 aromatic heterocycles. The van der Waals surface area contributed by atoms with E-state index in [1.165, 1.54) is 16.8 Å². The highest BCUT2D eigenvalue weighted by molar-refractivity contribution is 5.78. The third kappa shape index (κ3) is 4.38.